The second-order valence-electron chi connectivity index (χ2n) is 4.95. The molecule has 0 radical (unpaired) electrons. The van der Waals surface area contributed by atoms with Gasteiger partial charge in [-0.25, -0.2) is 13.1 Å². The number of hydrogen-bond donors (Lipinski definition) is 2. The van der Waals surface area contributed by atoms with Crippen molar-refractivity contribution in [2.75, 3.05) is 0 Å². The molecule has 2 aromatic carbocycles. The molecular formula is C15H15NO3S. The number of sulfonamides is 1. The van der Waals surface area contributed by atoms with Crippen molar-refractivity contribution in [3.63, 3.8) is 0 Å². The first kappa shape index (κ1) is 13.1. The zero-order chi connectivity index (χ0) is 14.2. The van der Waals surface area contributed by atoms with Gasteiger partial charge in [-0.15, -0.1) is 0 Å². The van der Waals surface area contributed by atoms with Crippen LogP contribution in [0.15, 0.2) is 59.5 Å². The third-order valence-electron chi connectivity index (χ3n) is 3.48. The number of aromatic hydroxyl groups is 1. The molecule has 0 heterocycles. The zero-order valence-corrected chi connectivity index (χ0v) is 11.5. The van der Waals surface area contributed by atoms with Crippen molar-refractivity contribution in [2.45, 2.75) is 23.3 Å². The number of phenolic OH excluding ortho intramolecular Hbond substituents is 1. The third kappa shape index (κ3) is 2.55. The molecule has 1 aliphatic rings. The van der Waals surface area contributed by atoms with Crippen LogP contribution >= 0.6 is 0 Å². The number of para-hydroxylation sites is 1. The van der Waals surface area contributed by atoms with E-state index in [4.69, 9.17) is 0 Å². The van der Waals surface area contributed by atoms with Crippen molar-refractivity contribution in [2.24, 2.45) is 0 Å². The van der Waals surface area contributed by atoms with Gasteiger partial charge in [0.2, 0.25) is 10.0 Å². The minimum atomic E-state index is -3.67. The maximum Gasteiger partial charge on any atom is 0.244 e. The van der Waals surface area contributed by atoms with Crippen LogP contribution < -0.4 is 4.72 Å². The Kier molecular flexibility index (Phi) is 3.23. The maximum absolute atomic E-state index is 12.2. The minimum absolute atomic E-state index is 0.0706. The Morgan fingerprint density at radius 3 is 2.35 bits per heavy atom. The van der Waals surface area contributed by atoms with Crippen LogP contribution in [-0.2, 0) is 10.0 Å². The fraction of sp³-hybridized carbons (Fsp3) is 0.200. The highest BCUT2D eigenvalue weighted by molar-refractivity contribution is 7.89. The molecule has 1 fully saturated rings. The van der Waals surface area contributed by atoms with E-state index in [0.717, 1.165) is 12.0 Å². The normalized spacial score (nSPS) is 21.6. The summed E-state index contributed by atoms with van der Waals surface area (Å²) in [5.41, 5.74) is 1.14. The highest BCUT2D eigenvalue weighted by Crippen LogP contribution is 2.41. The minimum Gasteiger partial charge on any atom is -0.507 e. The molecule has 0 aromatic heterocycles. The summed E-state index contributed by atoms with van der Waals surface area (Å²) in [4.78, 5) is -0.0706. The van der Waals surface area contributed by atoms with Gasteiger partial charge in [0, 0.05) is 12.0 Å². The lowest BCUT2D eigenvalue weighted by Gasteiger charge is -2.08. The van der Waals surface area contributed by atoms with Crippen LogP contribution in [0, 0.1) is 0 Å². The van der Waals surface area contributed by atoms with Crippen molar-refractivity contribution >= 4 is 10.0 Å². The molecule has 0 bridgehead atoms. The molecular weight excluding hydrogens is 274 g/mol. The van der Waals surface area contributed by atoms with Gasteiger partial charge in [0.05, 0.1) is 0 Å². The largest absolute Gasteiger partial charge is 0.507 e. The lowest BCUT2D eigenvalue weighted by Crippen LogP contribution is -2.26. The summed E-state index contributed by atoms with van der Waals surface area (Å²) in [7, 11) is -3.67. The zero-order valence-electron chi connectivity index (χ0n) is 10.7. The van der Waals surface area contributed by atoms with Gasteiger partial charge in [-0.2, -0.15) is 0 Å². The number of phenols is 1. The first-order valence-corrected chi connectivity index (χ1v) is 7.91. The Bertz CT molecular complexity index is 713. The summed E-state index contributed by atoms with van der Waals surface area (Å²) in [5, 5.41) is 9.64. The van der Waals surface area contributed by atoms with Crippen LogP contribution in [0.25, 0.3) is 0 Å². The van der Waals surface area contributed by atoms with Gasteiger partial charge in [0.1, 0.15) is 10.6 Å². The summed E-state index contributed by atoms with van der Waals surface area (Å²) >= 11 is 0. The molecule has 3 rings (SSSR count). The molecule has 0 aliphatic heterocycles. The van der Waals surface area contributed by atoms with E-state index >= 15 is 0 Å². The van der Waals surface area contributed by atoms with Gasteiger partial charge in [-0.3, -0.25) is 0 Å². The molecule has 0 saturated heterocycles. The van der Waals surface area contributed by atoms with E-state index in [0.29, 0.717) is 0 Å². The Hall–Kier alpha value is -1.85. The Balaban J connectivity index is 1.75. The number of benzene rings is 2. The van der Waals surface area contributed by atoms with Gasteiger partial charge < -0.3 is 5.11 Å². The van der Waals surface area contributed by atoms with E-state index in [9.17, 15) is 13.5 Å². The van der Waals surface area contributed by atoms with Gasteiger partial charge in [-0.05, 0) is 24.1 Å². The maximum atomic E-state index is 12.2. The summed E-state index contributed by atoms with van der Waals surface area (Å²) < 4.78 is 27.1. The van der Waals surface area contributed by atoms with E-state index in [-0.39, 0.29) is 22.6 Å². The van der Waals surface area contributed by atoms with Crippen LogP contribution in [-0.4, -0.2) is 19.6 Å². The molecule has 0 amide bonds. The average molecular weight is 289 g/mol. The van der Waals surface area contributed by atoms with E-state index in [1.54, 1.807) is 12.1 Å². The fourth-order valence-electron chi connectivity index (χ4n) is 2.34. The number of hydrogen-bond acceptors (Lipinski definition) is 3. The lowest BCUT2D eigenvalue weighted by atomic mass is 10.1. The molecule has 2 N–H and O–H groups in total. The summed E-state index contributed by atoms with van der Waals surface area (Å²) in [5.74, 6) is -0.00580. The fourth-order valence-corrected chi connectivity index (χ4v) is 3.73. The molecule has 2 atom stereocenters. The molecule has 1 aliphatic carbocycles. The predicted molar refractivity (Wildman–Crippen MR) is 76.0 cm³/mol. The smallest absolute Gasteiger partial charge is 0.244 e. The second-order valence-corrected chi connectivity index (χ2v) is 6.63. The summed E-state index contributed by atoms with van der Waals surface area (Å²) in [6.07, 6.45) is 0.789. The van der Waals surface area contributed by atoms with Crippen molar-refractivity contribution in [1.29, 1.82) is 0 Å². The van der Waals surface area contributed by atoms with Crippen molar-refractivity contribution in [3.8, 4) is 5.75 Å². The van der Waals surface area contributed by atoms with Crippen molar-refractivity contribution in [1.82, 2.24) is 4.72 Å². The Morgan fingerprint density at radius 1 is 1.00 bits per heavy atom. The highest BCUT2D eigenvalue weighted by Gasteiger charge is 2.41. The molecule has 4 nitrogen and oxygen atoms in total. The molecule has 0 spiro atoms. The molecule has 2 aromatic rings. The SMILES string of the molecule is O=S(=O)(NC1CC1c1ccccc1)c1ccccc1O. The second kappa shape index (κ2) is 4.92. The predicted octanol–water partition coefficient (Wildman–Crippen LogP) is 2.23. The van der Waals surface area contributed by atoms with Gasteiger partial charge in [-0.1, -0.05) is 42.5 Å². The van der Waals surface area contributed by atoms with Gasteiger partial charge >= 0.3 is 0 Å². The Labute approximate surface area is 118 Å². The van der Waals surface area contributed by atoms with Crippen LogP contribution in [0.2, 0.25) is 0 Å². The van der Waals surface area contributed by atoms with Gasteiger partial charge in [0.25, 0.3) is 0 Å². The van der Waals surface area contributed by atoms with Crippen LogP contribution in [0.1, 0.15) is 17.9 Å². The average Bonchev–Trinajstić information content (AvgIpc) is 3.18. The summed E-state index contributed by atoms with van der Waals surface area (Å²) in [6, 6.07) is 15.7. The first-order valence-electron chi connectivity index (χ1n) is 6.43. The van der Waals surface area contributed by atoms with Gasteiger partial charge in [0.15, 0.2) is 0 Å². The van der Waals surface area contributed by atoms with E-state index < -0.39 is 10.0 Å². The number of nitrogens with one attached hydrogen (secondary N) is 1. The topological polar surface area (TPSA) is 66.4 Å². The quantitative estimate of drug-likeness (QED) is 0.907. The van der Waals surface area contributed by atoms with Crippen LogP contribution in [0.4, 0.5) is 0 Å². The molecule has 1 saturated carbocycles. The van der Waals surface area contributed by atoms with Crippen LogP contribution in [0.5, 0.6) is 5.75 Å². The Morgan fingerprint density at radius 2 is 1.65 bits per heavy atom. The van der Waals surface area contributed by atoms with Crippen LogP contribution in [0.3, 0.4) is 0 Å². The molecule has 5 heteroatoms. The molecule has 104 valence electrons. The number of rotatable bonds is 4. The first-order chi connectivity index (χ1) is 9.58. The van der Waals surface area contributed by atoms with Crippen molar-refractivity contribution < 1.29 is 13.5 Å². The van der Waals surface area contributed by atoms with E-state index in [1.807, 2.05) is 30.3 Å². The van der Waals surface area contributed by atoms with E-state index in [2.05, 4.69) is 4.72 Å². The van der Waals surface area contributed by atoms with Crippen molar-refractivity contribution in [3.05, 3.63) is 60.2 Å². The molecule has 20 heavy (non-hydrogen) atoms. The lowest BCUT2D eigenvalue weighted by molar-refractivity contribution is 0.458. The standard InChI is InChI=1S/C15H15NO3S/c17-14-8-4-5-9-15(14)20(18,19)16-13-10-12(13)11-6-2-1-3-7-11/h1-9,12-13,16-17H,10H2. The molecule has 2 unspecified atom stereocenters. The summed E-state index contributed by atoms with van der Waals surface area (Å²) in [6.45, 7) is 0. The van der Waals surface area contributed by atoms with E-state index in [1.165, 1.54) is 12.1 Å². The monoisotopic (exact) mass is 289 g/mol. The third-order valence-corrected chi connectivity index (χ3v) is 5.02. The highest BCUT2D eigenvalue weighted by atomic mass is 32.2.